The minimum absolute atomic E-state index is 0. The highest BCUT2D eigenvalue weighted by molar-refractivity contribution is 5.51. The Bertz CT molecular complexity index is 412. The number of hydrogen-bond donors (Lipinski definition) is 1. The first kappa shape index (κ1) is 13.7. The van der Waals surface area contributed by atoms with E-state index in [4.69, 9.17) is 0 Å². The fourth-order valence-corrected chi connectivity index (χ4v) is 2.88. The van der Waals surface area contributed by atoms with E-state index in [0.717, 1.165) is 0 Å². The lowest BCUT2D eigenvalue weighted by Gasteiger charge is -2.30. The van der Waals surface area contributed by atoms with Crippen molar-refractivity contribution in [3.63, 3.8) is 0 Å². The molecule has 0 aromatic rings. The summed E-state index contributed by atoms with van der Waals surface area (Å²) in [6, 6.07) is 0. The van der Waals surface area contributed by atoms with Gasteiger partial charge in [-0.2, -0.15) is 0 Å². The summed E-state index contributed by atoms with van der Waals surface area (Å²) >= 11 is 0. The maximum Gasteiger partial charge on any atom is 0.128 e. The average Bonchev–Trinajstić information content (AvgIpc) is 2.34. The molecule has 2 unspecified atom stereocenters. The van der Waals surface area contributed by atoms with Crippen LogP contribution in [-0.4, -0.2) is 12.6 Å². The molecule has 1 nitrogen and oxygen atoms in total. The van der Waals surface area contributed by atoms with E-state index in [1.807, 2.05) is 0 Å². The van der Waals surface area contributed by atoms with Gasteiger partial charge in [0, 0.05) is 5.57 Å². The molecule has 1 aliphatic heterocycles. The maximum absolute atomic E-state index is 4.23. The fraction of sp³-hybridized carbons (Fsp3) is 0.429. The molecule has 16 heavy (non-hydrogen) atoms. The van der Waals surface area contributed by atoms with Crippen molar-refractivity contribution in [3.8, 4) is 0 Å². The van der Waals surface area contributed by atoms with Crippen LogP contribution < -0.4 is 28.9 Å². The summed E-state index contributed by atoms with van der Waals surface area (Å²) in [6.07, 6.45) is 4.31. The van der Waals surface area contributed by atoms with Gasteiger partial charge in [0.2, 0.25) is 0 Å². The fourth-order valence-electron chi connectivity index (χ4n) is 2.88. The minimum atomic E-state index is 0. The first-order valence-corrected chi connectivity index (χ1v) is 5.48. The molecule has 1 fully saturated rings. The van der Waals surface area contributed by atoms with E-state index >= 15 is 0 Å². The van der Waals surface area contributed by atoms with Crippen LogP contribution in [0.3, 0.4) is 0 Å². The molecule has 1 saturated heterocycles. The molecule has 0 amide bonds. The Morgan fingerprint density at radius 1 is 1.25 bits per heavy atom. The molecule has 2 rings (SSSR count). The SMILES string of the molecule is C=C1C=CC(C)=C2C(=C)[NH+](C)C(C)(C)C12.[I-]. The summed E-state index contributed by atoms with van der Waals surface area (Å²) in [6.45, 7) is 15.2. The largest absolute Gasteiger partial charge is 1.00 e. The zero-order valence-corrected chi connectivity index (χ0v) is 12.7. The van der Waals surface area contributed by atoms with E-state index in [2.05, 4.69) is 53.1 Å². The second kappa shape index (κ2) is 4.15. The number of quaternary nitrogens is 1. The van der Waals surface area contributed by atoms with E-state index in [1.165, 1.54) is 27.3 Å². The molecule has 0 bridgehead atoms. The zero-order valence-electron chi connectivity index (χ0n) is 10.5. The van der Waals surface area contributed by atoms with Crippen molar-refractivity contribution < 1.29 is 28.9 Å². The number of rotatable bonds is 0. The van der Waals surface area contributed by atoms with Gasteiger partial charge in [0.25, 0.3) is 0 Å². The molecule has 2 aliphatic rings. The van der Waals surface area contributed by atoms with Gasteiger partial charge in [0.05, 0.1) is 13.0 Å². The molecule has 1 aliphatic carbocycles. The van der Waals surface area contributed by atoms with Crippen molar-refractivity contribution in [1.82, 2.24) is 0 Å². The van der Waals surface area contributed by atoms with E-state index in [-0.39, 0.29) is 29.5 Å². The summed E-state index contributed by atoms with van der Waals surface area (Å²) in [4.78, 5) is 1.41. The van der Waals surface area contributed by atoms with Crippen LogP contribution in [0.2, 0.25) is 0 Å². The second-order valence-electron chi connectivity index (χ2n) is 5.26. The van der Waals surface area contributed by atoms with Crippen LogP contribution in [0.15, 0.2) is 47.7 Å². The van der Waals surface area contributed by atoms with Gasteiger partial charge < -0.3 is 28.9 Å². The van der Waals surface area contributed by atoms with Gasteiger partial charge in [0.1, 0.15) is 11.2 Å². The molecular weight excluding hydrogens is 309 g/mol. The standard InChI is InChI=1S/C14H19N.HI/c1-9-7-8-10(2)13-12(9)11(3)15(6)14(13,4)5;/h7-8,13H,2-3H2,1,4-6H3;1H. The highest BCUT2D eigenvalue weighted by Gasteiger charge is 2.51. The van der Waals surface area contributed by atoms with Gasteiger partial charge in [-0.15, -0.1) is 0 Å². The van der Waals surface area contributed by atoms with Crippen molar-refractivity contribution in [3.05, 3.63) is 47.7 Å². The Kier molecular flexibility index (Phi) is 3.56. The molecule has 0 radical (unpaired) electrons. The number of nitrogens with one attached hydrogen (secondary N) is 1. The summed E-state index contributed by atoms with van der Waals surface area (Å²) in [5, 5.41) is 0. The predicted molar refractivity (Wildman–Crippen MR) is 64.6 cm³/mol. The van der Waals surface area contributed by atoms with Gasteiger partial charge in [0.15, 0.2) is 0 Å². The first-order chi connectivity index (χ1) is 6.87. The Hall–Kier alpha value is -0.350. The van der Waals surface area contributed by atoms with Crippen molar-refractivity contribution in [2.75, 3.05) is 7.05 Å². The van der Waals surface area contributed by atoms with Gasteiger partial charge in [-0.05, 0) is 38.5 Å². The summed E-state index contributed by atoms with van der Waals surface area (Å²) in [7, 11) is 2.20. The number of likely N-dealkylation sites (tertiary alicyclic amines) is 1. The van der Waals surface area contributed by atoms with Gasteiger partial charge in [-0.1, -0.05) is 18.7 Å². The van der Waals surface area contributed by atoms with Gasteiger partial charge >= 0.3 is 0 Å². The third-order valence-corrected chi connectivity index (χ3v) is 4.10. The normalized spacial score (nSPS) is 31.5. The molecule has 1 N–H and O–H groups in total. The number of hydrogen-bond acceptors (Lipinski definition) is 0. The maximum atomic E-state index is 4.23. The number of likely N-dealkylation sites (N-methyl/N-ethyl adjacent to an activating group) is 1. The highest BCUT2D eigenvalue weighted by Crippen LogP contribution is 2.41. The highest BCUT2D eigenvalue weighted by atomic mass is 127. The quantitative estimate of drug-likeness (QED) is 0.537. The summed E-state index contributed by atoms with van der Waals surface area (Å²) in [5.74, 6) is 0.440. The van der Waals surface area contributed by atoms with E-state index in [9.17, 15) is 0 Å². The van der Waals surface area contributed by atoms with E-state index in [0.29, 0.717) is 5.92 Å². The Labute approximate surface area is 116 Å². The van der Waals surface area contributed by atoms with Crippen molar-refractivity contribution in [2.24, 2.45) is 5.92 Å². The van der Waals surface area contributed by atoms with Crippen molar-refractivity contribution in [1.29, 1.82) is 0 Å². The average molecular weight is 329 g/mol. The van der Waals surface area contributed by atoms with Gasteiger partial charge in [-0.25, -0.2) is 0 Å². The first-order valence-electron chi connectivity index (χ1n) is 5.48. The van der Waals surface area contributed by atoms with Crippen molar-refractivity contribution >= 4 is 0 Å². The summed E-state index contributed by atoms with van der Waals surface area (Å²) < 4.78 is 0. The monoisotopic (exact) mass is 329 g/mol. The number of allylic oxidation sites excluding steroid dienone is 4. The van der Waals surface area contributed by atoms with Crippen LogP contribution in [0.4, 0.5) is 0 Å². The number of halogens is 1. The molecule has 0 aromatic carbocycles. The summed E-state index contributed by atoms with van der Waals surface area (Å²) in [5.41, 5.74) is 5.38. The molecule has 0 spiro atoms. The van der Waals surface area contributed by atoms with Crippen LogP contribution in [0.5, 0.6) is 0 Å². The lowest BCUT2D eigenvalue weighted by Crippen LogP contribution is -3.13. The minimum Gasteiger partial charge on any atom is -1.00 e. The molecule has 0 saturated carbocycles. The zero-order chi connectivity index (χ0) is 11.4. The third kappa shape index (κ3) is 1.63. The third-order valence-electron chi connectivity index (χ3n) is 4.10. The Balaban J connectivity index is 0.00000128. The van der Waals surface area contributed by atoms with Gasteiger partial charge in [-0.3, -0.25) is 0 Å². The van der Waals surface area contributed by atoms with Crippen molar-refractivity contribution in [2.45, 2.75) is 26.3 Å². The predicted octanol–water partition coefficient (Wildman–Crippen LogP) is -1.13. The second-order valence-corrected chi connectivity index (χ2v) is 5.26. The molecule has 88 valence electrons. The topological polar surface area (TPSA) is 4.44 Å². The van der Waals surface area contributed by atoms with Crippen LogP contribution in [0, 0.1) is 5.92 Å². The lowest BCUT2D eigenvalue weighted by molar-refractivity contribution is -0.882. The number of fused-ring (bicyclic) bond motifs is 1. The van der Waals surface area contributed by atoms with E-state index < -0.39 is 0 Å². The molecule has 1 heterocycles. The van der Waals surface area contributed by atoms with E-state index in [1.54, 1.807) is 0 Å². The van der Waals surface area contributed by atoms with Crippen LogP contribution in [0.1, 0.15) is 20.8 Å². The smallest absolute Gasteiger partial charge is 0.128 e. The lowest BCUT2D eigenvalue weighted by atomic mass is 9.76. The molecule has 2 atom stereocenters. The van der Waals surface area contributed by atoms with Crippen LogP contribution in [-0.2, 0) is 0 Å². The molecule has 2 heteroatoms. The van der Waals surface area contributed by atoms with Crippen LogP contribution >= 0.6 is 0 Å². The molecular formula is C14H20IN. The Morgan fingerprint density at radius 3 is 2.31 bits per heavy atom. The Morgan fingerprint density at radius 2 is 1.81 bits per heavy atom. The van der Waals surface area contributed by atoms with Crippen LogP contribution in [0.25, 0.3) is 0 Å². The molecule has 0 aromatic heterocycles.